The van der Waals surface area contributed by atoms with Crippen molar-refractivity contribution in [3.8, 4) is 6.07 Å². The minimum Gasteiger partial charge on any atom is -0.472 e. The second-order valence-corrected chi connectivity index (χ2v) is 13.6. The number of aromatic nitrogens is 1. The van der Waals surface area contributed by atoms with Crippen LogP contribution in [0.4, 0.5) is 4.79 Å². The summed E-state index contributed by atoms with van der Waals surface area (Å²) in [6.45, 7) is 9.75. The number of carbonyl (C=O) groups excluding carboxylic acids is 3. The van der Waals surface area contributed by atoms with Crippen LogP contribution in [0, 0.1) is 22.7 Å². The number of amidine groups is 1. The molecule has 0 aromatic carbocycles. The zero-order valence-electron chi connectivity index (χ0n) is 26.8. The van der Waals surface area contributed by atoms with Crippen LogP contribution < -0.4 is 11.1 Å². The van der Waals surface area contributed by atoms with Crippen molar-refractivity contribution in [1.29, 1.82) is 5.26 Å². The maximum atomic E-state index is 13.3. The van der Waals surface area contributed by atoms with Gasteiger partial charge < -0.3 is 50.5 Å². The molecule has 5 N–H and O–H groups in total. The molecule has 1 aromatic heterocycles. The molecule has 1 saturated heterocycles. The number of hydrogen-bond acceptors (Lipinski definition) is 9. The van der Waals surface area contributed by atoms with Crippen molar-refractivity contribution >= 4 is 30.2 Å². The molecule has 5 atom stereocenters. The zero-order valence-corrected chi connectivity index (χ0v) is 26.8. The van der Waals surface area contributed by atoms with E-state index in [1.807, 2.05) is 6.07 Å². The first-order chi connectivity index (χ1) is 21.0. The topological polar surface area (TPSA) is 221 Å². The van der Waals surface area contributed by atoms with Gasteiger partial charge in [0.1, 0.15) is 36.5 Å². The van der Waals surface area contributed by atoms with E-state index in [1.165, 1.54) is 12.1 Å². The number of carbonyl (C=O) groups is 3. The molecule has 248 valence electrons. The summed E-state index contributed by atoms with van der Waals surface area (Å²) in [7, 11) is 0. The number of aromatic amines is 1. The van der Waals surface area contributed by atoms with Crippen LogP contribution in [0.3, 0.4) is 0 Å². The predicted octanol–water partition coefficient (Wildman–Crippen LogP) is 3.16. The van der Waals surface area contributed by atoms with Gasteiger partial charge >= 0.3 is 18.0 Å². The van der Waals surface area contributed by atoms with E-state index in [0.717, 1.165) is 32.1 Å². The van der Waals surface area contributed by atoms with Crippen molar-refractivity contribution in [2.24, 2.45) is 22.1 Å². The van der Waals surface area contributed by atoms with E-state index >= 15 is 0 Å². The highest BCUT2D eigenvalue weighted by molar-refractivity contribution is 6.00. The quantitative estimate of drug-likeness (QED) is 0.128. The van der Waals surface area contributed by atoms with Crippen LogP contribution in [-0.4, -0.2) is 76.9 Å². The molecule has 3 rings (SSSR count). The first-order valence-electron chi connectivity index (χ1n) is 15.1. The molecule has 1 aromatic rings. The van der Waals surface area contributed by atoms with Crippen LogP contribution in [0.5, 0.6) is 0 Å². The van der Waals surface area contributed by atoms with Crippen molar-refractivity contribution in [2.75, 3.05) is 6.61 Å². The Morgan fingerprint density at radius 2 is 1.91 bits per heavy atom. The van der Waals surface area contributed by atoms with Gasteiger partial charge in [-0.25, -0.2) is 9.59 Å². The molecule has 1 aliphatic heterocycles. The van der Waals surface area contributed by atoms with Crippen molar-refractivity contribution in [3.63, 3.8) is 0 Å². The van der Waals surface area contributed by atoms with Gasteiger partial charge in [-0.2, -0.15) is 5.26 Å². The number of rotatable bonds is 10. The molecule has 2 heterocycles. The number of nitriles is 1. The Balaban J connectivity index is 1.86. The molecule has 0 unspecified atom stereocenters. The van der Waals surface area contributed by atoms with Crippen LogP contribution >= 0.6 is 0 Å². The maximum absolute atomic E-state index is 13.3. The molecule has 0 spiro atoms. The summed E-state index contributed by atoms with van der Waals surface area (Å²) >= 11 is 0. The summed E-state index contributed by atoms with van der Waals surface area (Å²) in [4.78, 5) is 45.3. The highest BCUT2D eigenvalue weighted by atomic mass is 16.6. The first-order valence-corrected chi connectivity index (χ1v) is 15.1. The number of alkyl carbamates (subject to hydrolysis) is 1. The summed E-state index contributed by atoms with van der Waals surface area (Å²) in [6.07, 6.45) is 0.415. The fourth-order valence-electron chi connectivity index (χ4n) is 5.48. The van der Waals surface area contributed by atoms with Crippen LogP contribution in [0.1, 0.15) is 91.5 Å². The molecule has 14 nitrogen and oxygen atoms in total. The van der Waals surface area contributed by atoms with Gasteiger partial charge in [-0.3, -0.25) is 4.79 Å². The van der Waals surface area contributed by atoms with E-state index < -0.39 is 65.6 Å². The highest BCUT2D eigenvalue weighted by Gasteiger charge is 2.59. The number of aliphatic hydroxyl groups is 1. The summed E-state index contributed by atoms with van der Waals surface area (Å²) in [6, 6.07) is 3.76. The van der Waals surface area contributed by atoms with Crippen molar-refractivity contribution in [1.82, 2.24) is 10.3 Å². The molecule has 14 heteroatoms. The molecule has 1 aliphatic carbocycles. The Morgan fingerprint density at radius 3 is 2.49 bits per heavy atom. The van der Waals surface area contributed by atoms with E-state index in [9.17, 15) is 24.8 Å². The Labute approximate surface area is 263 Å². The van der Waals surface area contributed by atoms with E-state index in [0.29, 0.717) is 6.34 Å². The van der Waals surface area contributed by atoms with Crippen LogP contribution in [-0.2, 0) is 34.1 Å². The van der Waals surface area contributed by atoms with Crippen LogP contribution in [0.25, 0.3) is 5.41 Å². The third-order valence-corrected chi connectivity index (χ3v) is 7.76. The number of nitrogens with one attached hydrogen (secondary N) is 2. The maximum Gasteiger partial charge on any atom is 0.408 e. The average molecular weight is 630 g/mol. The van der Waals surface area contributed by atoms with Gasteiger partial charge in [0.05, 0.1) is 11.4 Å². The Kier molecular flexibility index (Phi) is 11.4. The molecule has 0 bridgehead atoms. The fourth-order valence-corrected chi connectivity index (χ4v) is 5.48. The molecule has 2 aliphatic rings. The lowest BCUT2D eigenvalue weighted by atomic mass is 9.87. The largest absolute Gasteiger partial charge is 0.472 e. The minimum atomic E-state index is -2.08. The average Bonchev–Trinajstić information content (AvgIpc) is 3.54. The number of aliphatic hydroxyl groups excluding tert-OH is 1. The van der Waals surface area contributed by atoms with Gasteiger partial charge in [0, 0.05) is 12.3 Å². The molecule has 1 amide bonds. The van der Waals surface area contributed by atoms with Crippen LogP contribution in [0.15, 0.2) is 17.1 Å². The predicted molar refractivity (Wildman–Crippen MR) is 164 cm³/mol. The van der Waals surface area contributed by atoms with Gasteiger partial charge in [0.2, 0.25) is 5.60 Å². The van der Waals surface area contributed by atoms with Gasteiger partial charge in [0.25, 0.3) is 0 Å². The van der Waals surface area contributed by atoms with Crippen molar-refractivity contribution < 1.29 is 38.4 Å². The Bertz CT molecular complexity index is 1300. The molecule has 1 saturated carbocycles. The molecule has 0 radical (unpaired) electrons. The van der Waals surface area contributed by atoms with Crippen molar-refractivity contribution in [2.45, 2.75) is 116 Å². The van der Waals surface area contributed by atoms with E-state index in [4.69, 9.17) is 30.1 Å². The molecule has 45 heavy (non-hydrogen) atoms. The second kappa shape index (κ2) is 14.4. The number of H-pyrrole nitrogens is 1. The number of nitrogens with zero attached hydrogens (tertiary/aromatic N) is 3. The summed E-state index contributed by atoms with van der Waals surface area (Å²) in [5.74, 6) is -1.35. The highest BCUT2D eigenvalue weighted by Crippen LogP contribution is 2.41. The second-order valence-electron chi connectivity index (χ2n) is 13.6. The molecular formula is C31H45N6O8-. The summed E-state index contributed by atoms with van der Waals surface area (Å²) in [5, 5.41) is 33.3. The molecule has 2 fully saturated rings. The number of nitrogens with two attached hydrogens (primary N) is 1. The third-order valence-electron chi connectivity index (χ3n) is 7.76. The normalized spacial score (nSPS) is 25.1. The number of hydrogen-bond donors (Lipinski definition) is 4. The summed E-state index contributed by atoms with van der Waals surface area (Å²) in [5.41, 5.74) is 2.46. The Hall–Kier alpha value is -3.96. The van der Waals surface area contributed by atoms with Gasteiger partial charge in [-0.1, -0.05) is 40.0 Å². The lowest BCUT2D eigenvalue weighted by Gasteiger charge is -2.31. The minimum absolute atomic E-state index is 0.0740. The SMILES string of the molecule is CC(C)(C)OC(=O)N[C@H](C(=O)OC[C@H]1O[C@@](C#N)(c2ccc(C(N)=NC=[N-])[nH]2)[C@H](O)[C@@H]1OC(=O)CC1CCCCC1)C(C)(C)C. The molecular weight excluding hydrogens is 584 g/mol. The first kappa shape index (κ1) is 35.5. The lowest BCUT2D eigenvalue weighted by Crippen LogP contribution is -2.51. The Morgan fingerprint density at radius 1 is 1.24 bits per heavy atom. The number of amides is 1. The number of aliphatic imine (C=N–C) groups is 1. The van der Waals surface area contributed by atoms with Crippen LogP contribution in [0.2, 0.25) is 0 Å². The monoisotopic (exact) mass is 629 g/mol. The van der Waals surface area contributed by atoms with Gasteiger partial charge in [-0.15, -0.1) is 6.34 Å². The third kappa shape index (κ3) is 9.04. The zero-order chi connectivity index (χ0) is 33.6. The van der Waals surface area contributed by atoms with Gasteiger partial charge in [0.15, 0.2) is 6.10 Å². The van der Waals surface area contributed by atoms with Crippen molar-refractivity contribution in [3.05, 3.63) is 28.9 Å². The van der Waals surface area contributed by atoms with E-state index in [2.05, 4.69) is 15.3 Å². The summed E-state index contributed by atoms with van der Waals surface area (Å²) < 4.78 is 22.7. The number of esters is 2. The smallest absolute Gasteiger partial charge is 0.408 e. The number of ether oxygens (including phenoxy) is 4. The van der Waals surface area contributed by atoms with E-state index in [-0.39, 0.29) is 29.6 Å². The van der Waals surface area contributed by atoms with E-state index in [1.54, 1.807) is 41.5 Å². The standard InChI is InChI=1S/C31H45N6O8/c1-29(2,3)24(37-28(41)45-30(4,5)6)27(40)42-15-20-23(43-22(38)14-18-10-8-7-9-11-18)25(39)31(16-32,44-20)21-13-12-19(36-21)26(34)35-17-33/h12-13,17-18,20,23-25,39H,7-11,14-15H2,1-6H3,(H4-,33,34,35,36,37,41)/q-1/t20-,23-,24-,25-,31+/m1/s1. The lowest BCUT2D eigenvalue weighted by molar-refractivity contribution is -0.163. The van der Waals surface area contributed by atoms with Gasteiger partial charge in [-0.05, 0) is 57.1 Å². The fraction of sp³-hybridized carbons (Fsp3) is 0.677.